The Morgan fingerprint density at radius 2 is 1.93 bits per heavy atom. The van der Waals surface area contributed by atoms with Crippen LogP contribution in [-0.2, 0) is 16.0 Å². The number of ether oxygens (including phenoxy) is 3. The number of rotatable bonds is 8. The van der Waals surface area contributed by atoms with Crippen LogP contribution in [0.15, 0.2) is 67.3 Å². The van der Waals surface area contributed by atoms with Crippen LogP contribution in [0, 0.1) is 5.82 Å². The zero-order valence-corrected chi connectivity index (χ0v) is 17.2. The van der Waals surface area contributed by atoms with E-state index < -0.39 is 0 Å². The van der Waals surface area contributed by atoms with Crippen molar-refractivity contribution in [2.45, 2.75) is 44.3 Å². The van der Waals surface area contributed by atoms with Gasteiger partial charge in [0.05, 0.1) is 19.0 Å². The van der Waals surface area contributed by atoms with Crippen molar-refractivity contribution >= 4 is 11.6 Å². The zero-order valence-electron chi connectivity index (χ0n) is 16.5. The Kier molecular flexibility index (Phi) is 7.00. The molecule has 0 aliphatic carbocycles. The first-order valence-corrected chi connectivity index (χ1v) is 10.4. The molecule has 3 aromatic rings. The van der Waals surface area contributed by atoms with Crippen molar-refractivity contribution in [1.82, 2.24) is 9.55 Å². The summed E-state index contributed by atoms with van der Waals surface area (Å²) in [5, 5.41) is 0.687. The Morgan fingerprint density at radius 1 is 1.13 bits per heavy atom. The fraction of sp³-hybridized carbons (Fsp3) is 0.348. The van der Waals surface area contributed by atoms with Gasteiger partial charge in [-0.1, -0.05) is 23.7 Å². The van der Waals surface area contributed by atoms with Gasteiger partial charge in [-0.15, -0.1) is 0 Å². The second kappa shape index (κ2) is 10.1. The molecule has 1 unspecified atom stereocenters. The molecule has 30 heavy (non-hydrogen) atoms. The predicted molar refractivity (Wildman–Crippen MR) is 112 cm³/mol. The third-order valence-corrected chi connectivity index (χ3v) is 5.31. The van der Waals surface area contributed by atoms with Gasteiger partial charge in [0, 0.05) is 17.4 Å². The highest BCUT2D eigenvalue weighted by Crippen LogP contribution is 2.29. The van der Waals surface area contributed by atoms with E-state index in [-0.39, 0.29) is 24.3 Å². The Hall–Kier alpha value is -2.41. The number of nitrogens with zero attached hydrogens (tertiary/aromatic N) is 2. The van der Waals surface area contributed by atoms with E-state index in [1.54, 1.807) is 24.7 Å². The third-order valence-electron chi connectivity index (χ3n) is 5.05. The summed E-state index contributed by atoms with van der Waals surface area (Å²) in [6.45, 7) is 1.02. The maximum Gasteiger partial charge on any atom is 0.159 e. The van der Waals surface area contributed by atoms with Gasteiger partial charge in [-0.25, -0.2) is 9.37 Å². The summed E-state index contributed by atoms with van der Waals surface area (Å²) in [4.78, 5) is 4.12. The number of benzene rings is 2. The van der Waals surface area contributed by atoms with Gasteiger partial charge >= 0.3 is 0 Å². The first kappa shape index (κ1) is 20.8. The summed E-state index contributed by atoms with van der Waals surface area (Å²) < 4.78 is 33.3. The van der Waals surface area contributed by atoms with E-state index >= 15 is 0 Å². The summed E-state index contributed by atoms with van der Waals surface area (Å²) in [7, 11) is 0. The minimum Gasteiger partial charge on any atom is -0.491 e. The van der Waals surface area contributed by atoms with Crippen molar-refractivity contribution in [3.63, 3.8) is 0 Å². The highest BCUT2D eigenvalue weighted by atomic mass is 35.5. The number of hydrogen-bond acceptors (Lipinski definition) is 4. The summed E-state index contributed by atoms with van der Waals surface area (Å²) >= 11 is 6.05. The monoisotopic (exact) mass is 430 g/mol. The average Bonchev–Trinajstić information content (AvgIpc) is 3.27. The number of aromatic nitrogens is 2. The smallest absolute Gasteiger partial charge is 0.159 e. The summed E-state index contributed by atoms with van der Waals surface area (Å²) in [6.07, 6.45) is 7.53. The van der Waals surface area contributed by atoms with Crippen LogP contribution in [0.1, 0.15) is 30.9 Å². The predicted octanol–water partition coefficient (Wildman–Crippen LogP) is 5.41. The van der Waals surface area contributed by atoms with Crippen molar-refractivity contribution < 1.29 is 18.6 Å². The lowest BCUT2D eigenvalue weighted by Crippen LogP contribution is -2.35. The fourth-order valence-corrected chi connectivity index (χ4v) is 3.61. The zero-order chi connectivity index (χ0) is 20.8. The molecule has 1 saturated heterocycles. The normalized spacial score (nSPS) is 20.1. The van der Waals surface area contributed by atoms with Crippen LogP contribution in [0.2, 0.25) is 5.02 Å². The topological polar surface area (TPSA) is 45.5 Å². The number of imidazole rings is 1. The highest BCUT2D eigenvalue weighted by molar-refractivity contribution is 6.30. The van der Waals surface area contributed by atoms with Gasteiger partial charge in [0.1, 0.15) is 24.3 Å². The highest BCUT2D eigenvalue weighted by Gasteiger charge is 2.27. The third kappa shape index (κ3) is 5.81. The van der Waals surface area contributed by atoms with Crippen molar-refractivity contribution in [3.8, 4) is 5.75 Å². The molecule has 5 nitrogen and oxygen atoms in total. The van der Waals surface area contributed by atoms with E-state index in [9.17, 15) is 4.39 Å². The summed E-state index contributed by atoms with van der Waals surface area (Å²) in [5.41, 5.74) is 1.03. The van der Waals surface area contributed by atoms with Crippen LogP contribution in [0.25, 0.3) is 0 Å². The van der Waals surface area contributed by atoms with E-state index in [2.05, 4.69) is 4.98 Å². The van der Waals surface area contributed by atoms with E-state index in [0.717, 1.165) is 24.8 Å². The van der Waals surface area contributed by atoms with Gasteiger partial charge < -0.3 is 18.8 Å². The quantitative estimate of drug-likeness (QED) is 0.479. The van der Waals surface area contributed by atoms with Crippen LogP contribution in [0.5, 0.6) is 5.75 Å². The second-order valence-corrected chi connectivity index (χ2v) is 7.76. The van der Waals surface area contributed by atoms with Crippen molar-refractivity contribution in [3.05, 3.63) is 83.7 Å². The standard InChI is InChI=1S/C23H24ClFN2O3/c24-18-6-4-17(5-7-18)22(14-27-13-12-26-16-27)30-23-3-1-2-21(29-23)15-28-20-10-8-19(25)9-11-20/h4-13,16,21-23H,1-3,14-15H2/t21-,22?,23+/m1/s1. The maximum atomic E-state index is 13.0. The first-order valence-electron chi connectivity index (χ1n) is 10.1. The lowest BCUT2D eigenvalue weighted by atomic mass is 10.1. The van der Waals surface area contributed by atoms with E-state index in [4.69, 9.17) is 25.8 Å². The number of halogens is 2. The van der Waals surface area contributed by atoms with Crippen LogP contribution >= 0.6 is 11.6 Å². The molecule has 0 spiro atoms. The fourth-order valence-electron chi connectivity index (χ4n) is 3.48. The van der Waals surface area contributed by atoms with E-state index in [1.165, 1.54) is 12.1 Å². The molecule has 158 valence electrons. The first-order chi connectivity index (χ1) is 14.7. The molecule has 4 rings (SSSR count). The van der Waals surface area contributed by atoms with Gasteiger partial charge in [-0.2, -0.15) is 0 Å². The van der Waals surface area contributed by atoms with Gasteiger partial charge in [-0.3, -0.25) is 0 Å². The van der Waals surface area contributed by atoms with Crippen LogP contribution in [0.4, 0.5) is 4.39 Å². The van der Waals surface area contributed by atoms with Crippen molar-refractivity contribution in [2.75, 3.05) is 6.61 Å². The Bertz CT molecular complexity index is 903. The van der Waals surface area contributed by atoms with E-state index in [0.29, 0.717) is 23.9 Å². The Labute approximate surface area is 180 Å². The molecule has 2 heterocycles. The molecule has 1 fully saturated rings. The van der Waals surface area contributed by atoms with Crippen LogP contribution < -0.4 is 4.74 Å². The average molecular weight is 431 g/mol. The van der Waals surface area contributed by atoms with Gasteiger partial charge in [0.2, 0.25) is 0 Å². The molecule has 2 aromatic carbocycles. The van der Waals surface area contributed by atoms with Crippen LogP contribution in [-0.4, -0.2) is 28.6 Å². The molecule has 0 saturated carbocycles. The number of hydrogen-bond donors (Lipinski definition) is 0. The van der Waals surface area contributed by atoms with E-state index in [1.807, 2.05) is 35.0 Å². The van der Waals surface area contributed by atoms with Gasteiger partial charge in [-0.05, 0) is 61.2 Å². The van der Waals surface area contributed by atoms with Crippen LogP contribution in [0.3, 0.4) is 0 Å². The summed E-state index contributed by atoms with van der Waals surface area (Å²) in [6, 6.07) is 13.7. The molecule has 1 aromatic heterocycles. The SMILES string of the molecule is Fc1ccc(OC[C@H]2CCC[C@H](OC(Cn3ccnc3)c3ccc(Cl)cc3)O2)cc1. The second-order valence-electron chi connectivity index (χ2n) is 7.32. The minimum absolute atomic E-state index is 0.0760. The molecule has 0 bridgehead atoms. The Balaban J connectivity index is 1.37. The molecule has 1 aliphatic heterocycles. The van der Waals surface area contributed by atoms with Gasteiger partial charge in [0.15, 0.2) is 6.29 Å². The van der Waals surface area contributed by atoms with Gasteiger partial charge in [0.25, 0.3) is 0 Å². The molecule has 1 aliphatic rings. The molecule has 0 N–H and O–H groups in total. The lowest BCUT2D eigenvalue weighted by molar-refractivity contribution is -0.223. The maximum absolute atomic E-state index is 13.0. The Morgan fingerprint density at radius 3 is 2.67 bits per heavy atom. The van der Waals surface area contributed by atoms with Crippen molar-refractivity contribution in [1.29, 1.82) is 0 Å². The summed E-state index contributed by atoms with van der Waals surface area (Å²) in [5.74, 6) is 0.345. The molecular weight excluding hydrogens is 407 g/mol. The molecule has 0 radical (unpaired) electrons. The van der Waals surface area contributed by atoms with Crippen molar-refractivity contribution in [2.24, 2.45) is 0 Å². The lowest BCUT2D eigenvalue weighted by Gasteiger charge is -2.32. The molecule has 7 heteroatoms. The molecular formula is C23H24ClFN2O3. The largest absolute Gasteiger partial charge is 0.491 e. The molecule has 0 amide bonds. The molecule has 3 atom stereocenters. The minimum atomic E-state index is -0.329.